The van der Waals surface area contributed by atoms with Crippen molar-refractivity contribution in [1.82, 2.24) is 4.90 Å². The summed E-state index contributed by atoms with van der Waals surface area (Å²) in [7, 11) is 0. The lowest BCUT2D eigenvalue weighted by Crippen LogP contribution is -2.37. The van der Waals surface area contributed by atoms with Crippen molar-refractivity contribution in [2.45, 2.75) is 64.0 Å². The van der Waals surface area contributed by atoms with Gasteiger partial charge in [0.1, 0.15) is 0 Å². The first-order valence-electron chi connectivity index (χ1n) is 9.82. The first-order valence-corrected chi connectivity index (χ1v) is 9.82. The fraction of sp³-hybridized carbons (Fsp3) is 0.619. The summed E-state index contributed by atoms with van der Waals surface area (Å²) >= 11 is 0. The summed E-state index contributed by atoms with van der Waals surface area (Å²) in [5, 5.41) is 3.08. The monoisotopic (exact) mass is 362 g/mol. The summed E-state index contributed by atoms with van der Waals surface area (Å²) in [6.07, 6.45) is 6.89. The standard InChI is InChI=1S/C21H28F2N2O/c1-3-26-16-6-10-25(11-7-16)13-18-17(15-4-5-15)12-14(2)20-19(18)21(22,23)8-9-24-20/h8-9,12,15-16,24H,3-7,10-11,13H2,1-2H3. The zero-order chi connectivity index (χ0) is 18.3. The molecule has 4 rings (SSSR count). The minimum Gasteiger partial charge on any atom is -0.378 e. The number of rotatable bonds is 5. The average Bonchev–Trinajstić information content (AvgIpc) is 3.43. The minimum absolute atomic E-state index is 0.203. The van der Waals surface area contributed by atoms with Crippen LogP contribution in [0.25, 0.3) is 0 Å². The molecular formula is C21H28F2N2O. The lowest BCUT2D eigenvalue weighted by molar-refractivity contribution is 0.0114. The van der Waals surface area contributed by atoms with E-state index >= 15 is 0 Å². The van der Waals surface area contributed by atoms with Gasteiger partial charge in [0.05, 0.1) is 17.4 Å². The molecule has 0 unspecified atom stereocenters. The van der Waals surface area contributed by atoms with E-state index in [-0.39, 0.29) is 5.56 Å². The Labute approximate surface area is 154 Å². The van der Waals surface area contributed by atoms with Crippen molar-refractivity contribution in [2.75, 3.05) is 25.0 Å². The van der Waals surface area contributed by atoms with E-state index in [1.165, 1.54) is 6.20 Å². The van der Waals surface area contributed by atoms with E-state index < -0.39 is 5.92 Å². The molecule has 0 spiro atoms. The molecule has 0 amide bonds. The predicted octanol–water partition coefficient (Wildman–Crippen LogP) is 4.90. The van der Waals surface area contributed by atoms with Crippen molar-refractivity contribution in [3.8, 4) is 0 Å². The Balaban J connectivity index is 1.65. The number of fused-ring (bicyclic) bond motifs is 1. The molecule has 1 aromatic rings. The number of nitrogens with zero attached hydrogens (tertiary/aromatic N) is 1. The molecule has 2 heterocycles. The fourth-order valence-corrected chi connectivity index (χ4v) is 4.37. The second kappa shape index (κ2) is 6.93. The number of benzene rings is 1. The lowest BCUT2D eigenvalue weighted by Gasteiger charge is -2.34. The van der Waals surface area contributed by atoms with Crippen LogP contribution in [0.4, 0.5) is 14.5 Å². The first kappa shape index (κ1) is 17.9. The van der Waals surface area contributed by atoms with Gasteiger partial charge >= 0.3 is 0 Å². The smallest absolute Gasteiger partial charge is 0.295 e. The van der Waals surface area contributed by atoms with Crippen molar-refractivity contribution in [2.24, 2.45) is 0 Å². The van der Waals surface area contributed by atoms with Gasteiger partial charge in [-0.25, -0.2) is 0 Å². The molecule has 2 fully saturated rings. The Kier molecular flexibility index (Phi) is 4.78. The highest BCUT2D eigenvalue weighted by atomic mass is 19.3. The van der Waals surface area contributed by atoms with Gasteiger partial charge in [0.25, 0.3) is 5.92 Å². The van der Waals surface area contributed by atoms with E-state index in [1.54, 1.807) is 0 Å². The number of halogens is 2. The molecule has 1 aromatic carbocycles. The average molecular weight is 362 g/mol. The molecule has 3 aliphatic rings. The van der Waals surface area contributed by atoms with Crippen LogP contribution in [0.2, 0.25) is 0 Å². The van der Waals surface area contributed by atoms with Crippen molar-refractivity contribution < 1.29 is 13.5 Å². The number of nitrogens with one attached hydrogen (secondary N) is 1. The topological polar surface area (TPSA) is 24.5 Å². The Morgan fingerprint density at radius 3 is 2.62 bits per heavy atom. The van der Waals surface area contributed by atoms with Crippen LogP contribution in [0.5, 0.6) is 0 Å². The molecule has 0 bridgehead atoms. The third kappa shape index (κ3) is 3.39. The number of aryl methyl sites for hydroxylation is 1. The molecule has 142 valence electrons. The van der Waals surface area contributed by atoms with Gasteiger partial charge in [-0.05, 0) is 62.1 Å². The zero-order valence-corrected chi connectivity index (χ0v) is 15.7. The summed E-state index contributed by atoms with van der Waals surface area (Å²) in [5.41, 5.74) is 3.72. The molecule has 1 aliphatic carbocycles. The molecule has 0 aromatic heterocycles. The van der Waals surface area contributed by atoms with Crippen LogP contribution in [0, 0.1) is 6.92 Å². The number of ether oxygens (including phenoxy) is 1. The normalized spacial score (nSPS) is 22.9. The summed E-state index contributed by atoms with van der Waals surface area (Å²) in [4.78, 5) is 2.32. The number of anilines is 1. The lowest BCUT2D eigenvalue weighted by atomic mass is 9.87. The SMILES string of the molecule is CCOC1CCN(Cc2c(C3CC3)cc(C)c3c2C(F)(F)C=CN3)CC1. The molecule has 0 atom stereocenters. The summed E-state index contributed by atoms with van der Waals surface area (Å²) in [6.45, 7) is 7.13. The number of alkyl halides is 2. The molecular weight excluding hydrogens is 334 g/mol. The maximum atomic E-state index is 14.9. The largest absolute Gasteiger partial charge is 0.378 e. The van der Waals surface area contributed by atoms with Crippen LogP contribution in [-0.2, 0) is 17.2 Å². The molecule has 1 saturated carbocycles. The maximum absolute atomic E-state index is 14.9. The summed E-state index contributed by atoms with van der Waals surface area (Å²) in [5.74, 6) is -2.45. The molecule has 2 aliphatic heterocycles. The van der Waals surface area contributed by atoms with Crippen molar-refractivity contribution in [3.05, 3.63) is 40.6 Å². The minimum atomic E-state index is -2.91. The van der Waals surface area contributed by atoms with Gasteiger partial charge in [-0.3, -0.25) is 4.90 Å². The van der Waals surface area contributed by atoms with Crippen LogP contribution in [0.3, 0.4) is 0 Å². The first-order chi connectivity index (χ1) is 12.5. The third-order valence-electron chi connectivity index (χ3n) is 5.86. The summed E-state index contributed by atoms with van der Waals surface area (Å²) < 4.78 is 35.4. The number of likely N-dealkylation sites (tertiary alicyclic amines) is 1. The Morgan fingerprint density at radius 1 is 1.23 bits per heavy atom. The van der Waals surface area contributed by atoms with Crippen LogP contribution in [0.15, 0.2) is 18.3 Å². The fourth-order valence-electron chi connectivity index (χ4n) is 4.37. The third-order valence-corrected chi connectivity index (χ3v) is 5.86. The quantitative estimate of drug-likeness (QED) is 0.806. The van der Waals surface area contributed by atoms with Crippen LogP contribution >= 0.6 is 0 Å². The van der Waals surface area contributed by atoms with Gasteiger partial charge in [0.2, 0.25) is 0 Å². The van der Waals surface area contributed by atoms with Crippen molar-refractivity contribution in [1.29, 1.82) is 0 Å². The van der Waals surface area contributed by atoms with Crippen LogP contribution in [-0.4, -0.2) is 30.7 Å². The maximum Gasteiger partial charge on any atom is 0.295 e. The number of piperidine rings is 1. The molecule has 1 saturated heterocycles. The highest BCUT2D eigenvalue weighted by molar-refractivity contribution is 5.68. The molecule has 1 N–H and O–H groups in total. The number of hydrogen-bond acceptors (Lipinski definition) is 3. The van der Waals surface area contributed by atoms with Gasteiger partial charge in [-0.15, -0.1) is 0 Å². The van der Waals surface area contributed by atoms with Gasteiger partial charge in [0.15, 0.2) is 0 Å². The predicted molar refractivity (Wildman–Crippen MR) is 99.7 cm³/mol. The second-order valence-electron chi connectivity index (χ2n) is 7.82. The van der Waals surface area contributed by atoms with Gasteiger partial charge in [-0.2, -0.15) is 8.78 Å². The molecule has 5 heteroatoms. The van der Waals surface area contributed by atoms with Gasteiger partial charge < -0.3 is 10.1 Å². The molecule has 3 nitrogen and oxygen atoms in total. The molecule has 26 heavy (non-hydrogen) atoms. The van der Waals surface area contributed by atoms with E-state index in [1.807, 2.05) is 13.8 Å². The van der Waals surface area contributed by atoms with Crippen LogP contribution < -0.4 is 5.32 Å². The molecule has 0 radical (unpaired) electrons. The Bertz CT molecular complexity index is 704. The second-order valence-corrected chi connectivity index (χ2v) is 7.82. The van der Waals surface area contributed by atoms with Gasteiger partial charge in [-0.1, -0.05) is 6.07 Å². The van der Waals surface area contributed by atoms with E-state index in [0.29, 0.717) is 24.3 Å². The Hall–Kier alpha value is -1.46. The van der Waals surface area contributed by atoms with Crippen molar-refractivity contribution >= 4 is 5.69 Å². The summed E-state index contributed by atoms with van der Waals surface area (Å²) in [6, 6.07) is 2.14. The number of hydrogen-bond donors (Lipinski definition) is 1. The van der Waals surface area contributed by atoms with E-state index in [2.05, 4.69) is 16.3 Å². The Morgan fingerprint density at radius 2 is 1.96 bits per heavy atom. The highest BCUT2D eigenvalue weighted by Gasteiger charge is 2.40. The highest BCUT2D eigenvalue weighted by Crippen LogP contribution is 2.49. The van der Waals surface area contributed by atoms with E-state index in [4.69, 9.17) is 4.74 Å². The van der Waals surface area contributed by atoms with Crippen molar-refractivity contribution in [3.63, 3.8) is 0 Å². The number of allylic oxidation sites excluding steroid dienone is 1. The van der Waals surface area contributed by atoms with E-state index in [9.17, 15) is 8.78 Å². The van der Waals surface area contributed by atoms with Gasteiger partial charge in [0, 0.05) is 38.5 Å². The van der Waals surface area contributed by atoms with E-state index in [0.717, 1.165) is 68.1 Å². The van der Waals surface area contributed by atoms with Crippen LogP contribution in [0.1, 0.15) is 60.8 Å². The zero-order valence-electron chi connectivity index (χ0n) is 15.7.